The number of carbonyl (C=O) groups excluding carboxylic acids is 2. The van der Waals surface area contributed by atoms with Crippen molar-refractivity contribution in [3.05, 3.63) is 35.9 Å². The van der Waals surface area contributed by atoms with Gasteiger partial charge in [0.2, 0.25) is 22.1 Å². The van der Waals surface area contributed by atoms with Crippen molar-refractivity contribution in [2.45, 2.75) is 39.2 Å². The molecule has 9 heteroatoms. The van der Waals surface area contributed by atoms with Crippen LogP contribution in [-0.4, -0.2) is 66.7 Å². The van der Waals surface area contributed by atoms with Gasteiger partial charge in [-0.25, -0.2) is 0 Å². The minimum atomic E-state index is -0.0422. The zero-order valence-corrected chi connectivity index (χ0v) is 19.2. The van der Waals surface area contributed by atoms with Crippen molar-refractivity contribution in [2.75, 3.05) is 49.6 Å². The summed E-state index contributed by atoms with van der Waals surface area (Å²) in [4.78, 5) is 30.2. The van der Waals surface area contributed by atoms with Crippen LogP contribution in [0.1, 0.15) is 38.2 Å². The summed E-state index contributed by atoms with van der Waals surface area (Å²) in [5.41, 5.74) is 1.30. The minimum Gasteiger partial charge on any atom is -0.355 e. The number of likely N-dealkylation sites (N-methyl/N-ethyl adjacent to an activating group) is 1. The van der Waals surface area contributed by atoms with E-state index >= 15 is 0 Å². The van der Waals surface area contributed by atoms with Crippen molar-refractivity contribution in [1.82, 2.24) is 20.4 Å². The fraction of sp³-hybridized carbons (Fsp3) is 0.545. The summed E-state index contributed by atoms with van der Waals surface area (Å²) in [5, 5.41) is 12.6. The zero-order chi connectivity index (χ0) is 22.1. The lowest BCUT2D eigenvalue weighted by atomic mass is 10.1. The lowest BCUT2D eigenvalue weighted by Crippen LogP contribution is -2.36. The molecule has 1 aliphatic heterocycles. The molecule has 8 nitrogen and oxygen atoms in total. The number of nitrogens with zero attached hydrogens (tertiary/aromatic N) is 5. The Morgan fingerprint density at radius 3 is 2.77 bits per heavy atom. The third kappa shape index (κ3) is 7.00. The van der Waals surface area contributed by atoms with Crippen LogP contribution in [0.3, 0.4) is 0 Å². The van der Waals surface area contributed by atoms with Crippen LogP contribution in [0.15, 0.2) is 30.3 Å². The van der Waals surface area contributed by atoms with Gasteiger partial charge in [-0.15, -0.1) is 10.2 Å². The maximum Gasteiger partial charge on any atom is 0.239 e. The maximum atomic E-state index is 12.3. The molecule has 2 amide bonds. The van der Waals surface area contributed by atoms with E-state index in [-0.39, 0.29) is 18.4 Å². The molecule has 1 aliphatic rings. The summed E-state index contributed by atoms with van der Waals surface area (Å²) in [7, 11) is 1.82. The Labute approximate surface area is 188 Å². The number of amides is 2. The smallest absolute Gasteiger partial charge is 0.239 e. The Balaban J connectivity index is 1.38. The summed E-state index contributed by atoms with van der Waals surface area (Å²) in [5.74, 6) is 0.0575. The van der Waals surface area contributed by atoms with E-state index in [2.05, 4.69) is 51.6 Å². The molecule has 0 radical (unpaired) electrons. The molecular weight excluding hydrogens is 412 g/mol. The number of nitrogens with one attached hydrogen (secondary N) is 1. The maximum absolute atomic E-state index is 12.3. The molecule has 2 heterocycles. The molecule has 0 bridgehead atoms. The highest BCUT2D eigenvalue weighted by Crippen LogP contribution is 2.28. The molecule has 1 aromatic heterocycles. The predicted molar refractivity (Wildman–Crippen MR) is 124 cm³/mol. The highest BCUT2D eigenvalue weighted by atomic mass is 32.1. The normalized spacial score (nSPS) is 14.2. The molecule has 1 saturated heterocycles. The van der Waals surface area contributed by atoms with Crippen LogP contribution in [0.2, 0.25) is 0 Å². The van der Waals surface area contributed by atoms with Gasteiger partial charge in [-0.05, 0) is 31.4 Å². The number of anilines is 2. The van der Waals surface area contributed by atoms with Crippen LogP contribution in [0.4, 0.5) is 10.3 Å². The first kappa shape index (κ1) is 23.1. The van der Waals surface area contributed by atoms with Crippen LogP contribution in [-0.2, 0) is 16.1 Å². The van der Waals surface area contributed by atoms with Gasteiger partial charge < -0.3 is 10.2 Å². The van der Waals surface area contributed by atoms with Gasteiger partial charge >= 0.3 is 0 Å². The Morgan fingerprint density at radius 2 is 2.03 bits per heavy atom. The van der Waals surface area contributed by atoms with Crippen LogP contribution in [0, 0.1) is 0 Å². The number of hydrogen-bond acceptors (Lipinski definition) is 7. The molecule has 1 fully saturated rings. The molecule has 0 aliphatic carbocycles. The van der Waals surface area contributed by atoms with Crippen molar-refractivity contribution in [1.29, 1.82) is 0 Å². The minimum absolute atomic E-state index is 0.0422. The third-order valence-electron chi connectivity index (χ3n) is 5.33. The largest absolute Gasteiger partial charge is 0.355 e. The molecule has 31 heavy (non-hydrogen) atoms. The standard InChI is InChI=1S/C22H32N6O2S/c1-3-27(16-18-10-5-4-6-11-18)14-9-13-23-19(29)17-26(2)21-24-25-22(31-21)28-15-8-7-12-20(28)30/h4-6,10-11H,3,7-9,12-17H2,1-2H3,(H,23,29). The summed E-state index contributed by atoms with van der Waals surface area (Å²) in [6.07, 6.45) is 3.38. The quantitative estimate of drug-likeness (QED) is 0.537. The summed E-state index contributed by atoms with van der Waals surface area (Å²) in [6, 6.07) is 10.4. The van der Waals surface area contributed by atoms with E-state index < -0.39 is 0 Å². The predicted octanol–water partition coefficient (Wildman–Crippen LogP) is 2.52. The molecule has 0 spiro atoms. The zero-order valence-electron chi connectivity index (χ0n) is 18.4. The first-order valence-electron chi connectivity index (χ1n) is 10.9. The van der Waals surface area contributed by atoms with Crippen molar-refractivity contribution >= 4 is 33.4 Å². The number of benzene rings is 1. The van der Waals surface area contributed by atoms with Crippen LogP contribution in [0.5, 0.6) is 0 Å². The summed E-state index contributed by atoms with van der Waals surface area (Å²) in [6.45, 7) is 6.54. The SMILES string of the molecule is CCN(CCCNC(=O)CN(C)c1nnc(N2CCCCC2=O)s1)Cc1ccccc1. The van der Waals surface area contributed by atoms with Gasteiger partial charge in [-0.1, -0.05) is 48.6 Å². The number of hydrogen-bond donors (Lipinski definition) is 1. The fourth-order valence-corrected chi connectivity index (χ4v) is 4.39. The van der Waals surface area contributed by atoms with E-state index in [1.54, 1.807) is 9.80 Å². The molecule has 0 saturated carbocycles. The Bertz CT molecular complexity index is 844. The highest BCUT2D eigenvalue weighted by Gasteiger charge is 2.24. The van der Waals surface area contributed by atoms with Crippen LogP contribution < -0.4 is 15.1 Å². The molecule has 2 aromatic rings. The molecule has 1 aromatic carbocycles. The molecule has 0 atom stereocenters. The second kappa shape index (κ2) is 11.8. The number of carbonyl (C=O) groups is 2. The van der Waals surface area contributed by atoms with Crippen LogP contribution in [0.25, 0.3) is 0 Å². The first-order valence-corrected chi connectivity index (χ1v) is 11.8. The average molecular weight is 445 g/mol. The molecule has 0 unspecified atom stereocenters. The molecule has 168 valence electrons. The molecular formula is C22H32N6O2S. The van der Waals surface area contributed by atoms with Crippen molar-refractivity contribution in [2.24, 2.45) is 0 Å². The van der Waals surface area contributed by atoms with Gasteiger partial charge in [0.15, 0.2) is 0 Å². The van der Waals surface area contributed by atoms with E-state index in [0.29, 0.717) is 29.8 Å². The first-order chi connectivity index (χ1) is 15.1. The number of rotatable bonds is 11. The van der Waals surface area contributed by atoms with Gasteiger partial charge in [0.25, 0.3) is 0 Å². The number of piperidine rings is 1. The second-order valence-electron chi connectivity index (χ2n) is 7.78. The topological polar surface area (TPSA) is 81.7 Å². The van der Waals surface area contributed by atoms with E-state index in [1.165, 1.54) is 16.9 Å². The van der Waals surface area contributed by atoms with Gasteiger partial charge in [-0.3, -0.25) is 19.4 Å². The van der Waals surface area contributed by atoms with Crippen molar-refractivity contribution in [3.63, 3.8) is 0 Å². The van der Waals surface area contributed by atoms with E-state index in [1.807, 2.05) is 13.1 Å². The van der Waals surface area contributed by atoms with E-state index in [4.69, 9.17) is 0 Å². The lowest BCUT2D eigenvalue weighted by molar-refractivity contribution is -0.120. The van der Waals surface area contributed by atoms with Gasteiger partial charge in [0.1, 0.15) is 0 Å². The van der Waals surface area contributed by atoms with E-state index in [9.17, 15) is 9.59 Å². The monoisotopic (exact) mass is 444 g/mol. The lowest BCUT2D eigenvalue weighted by Gasteiger charge is -2.23. The molecule has 3 rings (SSSR count). The fourth-order valence-electron chi connectivity index (χ4n) is 3.54. The highest BCUT2D eigenvalue weighted by molar-refractivity contribution is 7.19. The van der Waals surface area contributed by atoms with Gasteiger partial charge in [0.05, 0.1) is 6.54 Å². The average Bonchev–Trinajstić information content (AvgIpc) is 3.27. The number of aromatic nitrogens is 2. The molecule has 1 N–H and O–H groups in total. The Hall–Kier alpha value is -2.52. The Kier molecular flexibility index (Phi) is 8.78. The summed E-state index contributed by atoms with van der Waals surface area (Å²) >= 11 is 1.35. The van der Waals surface area contributed by atoms with Crippen molar-refractivity contribution in [3.8, 4) is 0 Å². The Morgan fingerprint density at radius 1 is 1.23 bits per heavy atom. The second-order valence-corrected chi connectivity index (χ2v) is 8.72. The van der Waals surface area contributed by atoms with Gasteiger partial charge in [0, 0.05) is 39.6 Å². The van der Waals surface area contributed by atoms with Crippen LogP contribution >= 0.6 is 11.3 Å². The summed E-state index contributed by atoms with van der Waals surface area (Å²) < 4.78 is 0. The van der Waals surface area contributed by atoms with E-state index in [0.717, 1.165) is 38.9 Å². The van der Waals surface area contributed by atoms with Crippen molar-refractivity contribution < 1.29 is 9.59 Å². The third-order valence-corrected chi connectivity index (χ3v) is 6.40. The van der Waals surface area contributed by atoms with Gasteiger partial charge in [-0.2, -0.15) is 0 Å².